The number of ether oxygens (including phenoxy) is 1. The second-order valence-corrected chi connectivity index (χ2v) is 12.2. The fourth-order valence-corrected chi connectivity index (χ4v) is 7.47. The smallest absolute Gasteiger partial charge is 0.250 e. The molecule has 2 aliphatic carbocycles. The lowest BCUT2D eigenvalue weighted by Gasteiger charge is -2.29. The Morgan fingerprint density at radius 2 is 1.78 bits per heavy atom. The number of hydrogen-bond acceptors (Lipinski definition) is 4. The molecule has 0 N–H and O–H groups in total. The van der Waals surface area contributed by atoms with Gasteiger partial charge in [0, 0.05) is 29.2 Å². The molecule has 1 unspecified atom stereocenters. The van der Waals surface area contributed by atoms with Crippen LogP contribution in [0.1, 0.15) is 66.2 Å². The molecule has 0 bridgehead atoms. The first kappa shape index (κ1) is 26.4. The van der Waals surface area contributed by atoms with Gasteiger partial charge in [-0.25, -0.2) is 4.84 Å². The summed E-state index contributed by atoms with van der Waals surface area (Å²) in [6.07, 6.45) is 9.69. The number of anilines is 1. The number of thiophene rings is 1. The number of hydroxylamine groups is 1. The van der Waals surface area contributed by atoms with E-state index in [1.54, 1.807) is 5.56 Å². The highest BCUT2D eigenvalue weighted by molar-refractivity contribution is 7.16. The number of rotatable bonds is 6. The minimum Gasteiger partial charge on any atom is -0.350 e. The van der Waals surface area contributed by atoms with Crippen molar-refractivity contribution in [3.05, 3.63) is 99.9 Å². The van der Waals surface area contributed by atoms with Gasteiger partial charge < -0.3 is 4.74 Å². The molecule has 0 radical (unpaired) electrons. The molecule has 5 heteroatoms. The first-order valence-corrected chi connectivity index (χ1v) is 15.7. The van der Waals surface area contributed by atoms with E-state index in [4.69, 9.17) is 9.57 Å². The molecule has 4 aromatic rings. The Labute approximate surface area is 246 Å². The molecule has 1 atom stereocenters. The molecule has 1 saturated heterocycles. The zero-order valence-electron chi connectivity index (χ0n) is 23.5. The van der Waals surface area contributed by atoms with Crippen molar-refractivity contribution < 1.29 is 14.4 Å². The molecule has 4 nitrogen and oxygen atoms in total. The summed E-state index contributed by atoms with van der Waals surface area (Å²) < 4.78 is 5.76. The largest absolute Gasteiger partial charge is 0.350 e. The highest BCUT2D eigenvalue weighted by Gasteiger charge is 2.25. The summed E-state index contributed by atoms with van der Waals surface area (Å²) in [6.45, 7) is 2.54. The predicted octanol–water partition coefficient (Wildman–Crippen LogP) is 8.87. The standard InChI is InChI=1S/C36H35NO3S/c1-2-35(38)37(40-36-12-5-6-21-39-36)28-10-7-9-26(23-28)33-19-20-34(41-33)27-15-16-30-25(22-27)14-18-31-29-11-4-3-8-24(29)13-17-32(30)31/h3-4,7-11,14,18-20,22-23,36H,2,5-6,12-13,15-17,21H2,1H3. The van der Waals surface area contributed by atoms with Crippen molar-refractivity contribution in [3.63, 3.8) is 0 Å². The first-order valence-electron chi connectivity index (χ1n) is 14.9. The van der Waals surface area contributed by atoms with Gasteiger partial charge in [-0.05, 0) is 107 Å². The Kier molecular flexibility index (Phi) is 7.34. The topological polar surface area (TPSA) is 38.8 Å². The van der Waals surface area contributed by atoms with Gasteiger partial charge in [-0.15, -0.1) is 11.3 Å². The lowest BCUT2D eigenvalue weighted by atomic mass is 9.78. The molecule has 0 spiro atoms. The number of fused-ring (bicyclic) bond motifs is 5. The third-order valence-electron chi connectivity index (χ3n) is 8.57. The summed E-state index contributed by atoms with van der Waals surface area (Å²) in [5, 5.41) is 1.44. The first-order chi connectivity index (χ1) is 20.2. The maximum atomic E-state index is 12.8. The SMILES string of the molecule is CCC(=O)N(OC1CCCCO1)c1cccc(-c2ccc(C3=Cc4ccc5c(c4CC3)CCc3ccccc3-5)s2)c1. The van der Waals surface area contributed by atoms with Crippen LogP contribution in [0, 0.1) is 0 Å². The van der Waals surface area contributed by atoms with E-state index in [0.717, 1.165) is 56.2 Å². The van der Waals surface area contributed by atoms with Gasteiger partial charge in [0.2, 0.25) is 0 Å². The van der Waals surface area contributed by atoms with Crippen molar-refractivity contribution in [2.75, 3.05) is 11.7 Å². The van der Waals surface area contributed by atoms with Crippen molar-refractivity contribution >= 4 is 34.6 Å². The lowest BCUT2D eigenvalue weighted by molar-refractivity contribution is -0.177. The number of aryl methyl sites for hydroxylation is 1. The predicted molar refractivity (Wildman–Crippen MR) is 168 cm³/mol. The van der Waals surface area contributed by atoms with Crippen LogP contribution in [-0.2, 0) is 33.6 Å². The van der Waals surface area contributed by atoms with Gasteiger partial charge >= 0.3 is 0 Å². The minimum absolute atomic E-state index is 0.0695. The van der Waals surface area contributed by atoms with Crippen LogP contribution < -0.4 is 5.06 Å². The molecule has 41 heavy (non-hydrogen) atoms. The Morgan fingerprint density at radius 1 is 0.902 bits per heavy atom. The van der Waals surface area contributed by atoms with Gasteiger partial charge in [0.25, 0.3) is 5.91 Å². The number of carbonyl (C=O) groups is 1. The van der Waals surface area contributed by atoms with E-state index in [9.17, 15) is 4.79 Å². The Morgan fingerprint density at radius 3 is 2.66 bits per heavy atom. The van der Waals surface area contributed by atoms with Crippen LogP contribution in [-0.4, -0.2) is 18.8 Å². The average molecular weight is 562 g/mol. The third-order valence-corrected chi connectivity index (χ3v) is 9.78. The molecule has 3 aliphatic rings. The van der Waals surface area contributed by atoms with E-state index in [1.165, 1.54) is 48.2 Å². The van der Waals surface area contributed by atoms with E-state index < -0.39 is 0 Å². The van der Waals surface area contributed by atoms with E-state index in [1.807, 2.05) is 30.4 Å². The zero-order chi connectivity index (χ0) is 27.8. The number of nitrogens with zero attached hydrogens (tertiary/aromatic N) is 1. The number of benzene rings is 3. The van der Waals surface area contributed by atoms with Crippen LogP contribution in [0.15, 0.2) is 72.8 Å². The Hall–Kier alpha value is -3.51. The molecule has 7 rings (SSSR count). The van der Waals surface area contributed by atoms with E-state index >= 15 is 0 Å². The van der Waals surface area contributed by atoms with Crippen LogP contribution in [0.2, 0.25) is 0 Å². The molecule has 0 saturated carbocycles. The van der Waals surface area contributed by atoms with Gasteiger partial charge in [-0.2, -0.15) is 5.06 Å². The highest BCUT2D eigenvalue weighted by atomic mass is 32.1. The van der Waals surface area contributed by atoms with Crippen LogP contribution >= 0.6 is 11.3 Å². The van der Waals surface area contributed by atoms with E-state index in [2.05, 4.69) is 66.7 Å². The number of hydrogen-bond donors (Lipinski definition) is 0. The van der Waals surface area contributed by atoms with Gasteiger partial charge in [0.15, 0.2) is 6.29 Å². The van der Waals surface area contributed by atoms with Crippen molar-refractivity contribution in [2.45, 2.75) is 64.6 Å². The summed E-state index contributed by atoms with van der Waals surface area (Å²) in [5.74, 6) is -0.0695. The molecule has 2 heterocycles. The Balaban J connectivity index is 1.15. The number of carbonyl (C=O) groups excluding carboxylic acids is 1. The maximum absolute atomic E-state index is 12.8. The van der Waals surface area contributed by atoms with Crippen LogP contribution in [0.3, 0.4) is 0 Å². The van der Waals surface area contributed by atoms with E-state index in [-0.39, 0.29) is 12.2 Å². The fourth-order valence-electron chi connectivity index (χ4n) is 6.42. The summed E-state index contributed by atoms with van der Waals surface area (Å²) >= 11 is 1.82. The van der Waals surface area contributed by atoms with Crippen molar-refractivity contribution in [1.82, 2.24) is 0 Å². The van der Waals surface area contributed by atoms with Gasteiger partial charge in [0.05, 0.1) is 5.69 Å². The Bertz CT molecular complexity index is 1630. The fraction of sp³-hybridized carbons (Fsp3) is 0.306. The molecule has 3 aromatic carbocycles. The molecular formula is C36H35NO3S. The molecule has 1 fully saturated rings. The maximum Gasteiger partial charge on any atom is 0.250 e. The van der Waals surface area contributed by atoms with Crippen LogP contribution in [0.4, 0.5) is 5.69 Å². The normalized spacial score (nSPS) is 17.7. The quantitative estimate of drug-likeness (QED) is 0.221. The second kappa shape index (κ2) is 11.4. The molecule has 208 valence electrons. The van der Waals surface area contributed by atoms with Crippen molar-refractivity contribution in [3.8, 4) is 21.6 Å². The zero-order valence-corrected chi connectivity index (χ0v) is 24.3. The minimum atomic E-state index is -0.377. The van der Waals surface area contributed by atoms with Crippen LogP contribution in [0.5, 0.6) is 0 Å². The molecule has 1 amide bonds. The summed E-state index contributed by atoms with van der Waals surface area (Å²) in [7, 11) is 0. The van der Waals surface area contributed by atoms with E-state index in [0.29, 0.717) is 13.0 Å². The number of allylic oxidation sites excluding steroid dienone is 1. The molecule has 1 aliphatic heterocycles. The molecular weight excluding hydrogens is 526 g/mol. The van der Waals surface area contributed by atoms with Crippen LogP contribution in [0.25, 0.3) is 33.2 Å². The van der Waals surface area contributed by atoms with Gasteiger partial charge in [-0.3, -0.25) is 4.79 Å². The second-order valence-electron chi connectivity index (χ2n) is 11.1. The lowest BCUT2D eigenvalue weighted by Crippen LogP contribution is -2.37. The summed E-state index contributed by atoms with van der Waals surface area (Å²) in [6, 6.07) is 26.1. The van der Waals surface area contributed by atoms with Crippen molar-refractivity contribution in [2.24, 2.45) is 0 Å². The average Bonchev–Trinajstić information content (AvgIpc) is 3.54. The highest BCUT2D eigenvalue weighted by Crippen LogP contribution is 2.42. The third kappa shape index (κ3) is 5.19. The summed E-state index contributed by atoms with van der Waals surface area (Å²) in [4.78, 5) is 21.4. The molecule has 1 aromatic heterocycles. The van der Waals surface area contributed by atoms with Gasteiger partial charge in [0.1, 0.15) is 0 Å². The summed E-state index contributed by atoms with van der Waals surface area (Å²) in [5.41, 5.74) is 12.0. The monoisotopic (exact) mass is 561 g/mol. The van der Waals surface area contributed by atoms with Gasteiger partial charge in [-0.1, -0.05) is 61.5 Å². The van der Waals surface area contributed by atoms with Crippen molar-refractivity contribution in [1.29, 1.82) is 0 Å². The number of amides is 1.